The summed E-state index contributed by atoms with van der Waals surface area (Å²) >= 11 is 0. The molecule has 1 saturated heterocycles. The minimum Gasteiger partial charge on any atom is -0.481 e. The van der Waals surface area contributed by atoms with Gasteiger partial charge in [-0.25, -0.2) is 22.2 Å². The number of aromatic nitrogens is 4. The predicted octanol–water partition coefficient (Wildman–Crippen LogP) is 6.12. The maximum absolute atomic E-state index is 14.0. The molecule has 45 heavy (non-hydrogen) atoms. The molecule has 5 heterocycles. The maximum atomic E-state index is 14.0. The molecular weight excluding hydrogens is 602 g/mol. The number of benzene rings is 1. The molecule has 0 bridgehead atoms. The van der Waals surface area contributed by atoms with Crippen molar-refractivity contribution in [2.24, 2.45) is 0 Å². The summed E-state index contributed by atoms with van der Waals surface area (Å²) < 4.78 is 57.6. The number of aryl methyl sites for hydroxylation is 2. The van der Waals surface area contributed by atoms with Crippen molar-refractivity contribution in [3.63, 3.8) is 0 Å². The number of hydrogen-bond acceptors (Lipinski definition) is 7. The van der Waals surface area contributed by atoms with Gasteiger partial charge in [0.2, 0.25) is 15.8 Å². The number of sulfonamides is 1. The lowest BCUT2D eigenvalue weighted by molar-refractivity contribution is -0.137. The number of nitrogens with zero attached hydrogens (tertiary/aromatic N) is 6. The number of halogens is 2. The number of carboxylic acids is 1. The van der Waals surface area contributed by atoms with Crippen LogP contribution in [0.3, 0.4) is 0 Å². The first-order chi connectivity index (χ1) is 20.6. The molecule has 0 saturated carbocycles. The van der Waals surface area contributed by atoms with E-state index in [4.69, 9.17) is 0 Å². The van der Waals surface area contributed by atoms with E-state index in [1.165, 1.54) is 14.9 Å². The van der Waals surface area contributed by atoms with Crippen LogP contribution >= 0.6 is 0 Å². The molecule has 0 radical (unpaired) electrons. The number of aliphatic carboxylic acids is 1. The van der Waals surface area contributed by atoms with Crippen molar-refractivity contribution in [1.82, 2.24) is 23.9 Å². The van der Waals surface area contributed by atoms with E-state index in [9.17, 15) is 27.1 Å². The molecular formula is C32H40F2N6O4S. The number of anilines is 1. The van der Waals surface area contributed by atoms with Gasteiger partial charge in [0.15, 0.2) is 5.65 Å². The van der Waals surface area contributed by atoms with Gasteiger partial charge < -0.3 is 10.0 Å². The summed E-state index contributed by atoms with van der Waals surface area (Å²) in [4.78, 5) is 18.8. The van der Waals surface area contributed by atoms with Crippen LogP contribution in [0.25, 0.3) is 5.65 Å². The van der Waals surface area contributed by atoms with Gasteiger partial charge in [0, 0.05) is 44.0 Å². The van der Waals surface area contributed by atoms with E-state index in [0.717, 1.165) is 36.9 Å². The fourth-order valence-electron chi connectivity index (χ4n) is 6.38. The van der Waals surface area contributed by atoms with Gasteiger partial charge in [-0.1, -0.05) is 33.1 Å². The van der Waals surface area contributed by atoms with Crippen LogP contribution in [0.2, 0.25) is 0 Å². The Balaban J connectivity index is 0.00000230. The number of pyridine rings is 2. The SMILES string of the molecule is C.C.Cc1ccc([C@@H](CC(=O)O)c2ccn3c(C(F)F)nnc3c2C)cc1CN1C[C@@H]2CCCCN2c2ncccc2S1(=O)=O. The predicted molar refractivity (Wildman–Crippen MR) is 168 cm³/mol. The molecule has 1 N–H and O–H groups in total. The first kappa shape index (κ1) is 33.9. The van der Waals surface area contributed by atoms with Crippen molar-refractivity contribution in [3.05, 3.63) is 82.4 Å². The highest BCUT2D eigenvalue weighted by atomic mass is 32.2. The number of hydrogen-bond donors (Lipinski definition) is 1. The van der Waals surface area contributed by atoms with Crippen molar-refractivity contribution >= 4 is 27.5 Å². The highest BCUT2D eigenvalue weighted by molar-refractivity contribution is 7.89. The first-order valence-corrected chi connectivity index (χ1v) is 15.7. The highest BCUT2D eigenvalue weighted by Crippen LogP contribution is 2.37. The minimum atomic E-state index is -3.88. The Morgan fingerprint density at radius 1 is 1.11 bits per heavy atom. The third-order valence-electron chi connectivity index (χ3n) is 8.65. The molecule has 2 atom stereocenters. The number of carboxylic acid groups (broad SMARTS) is 1. The molecule has 0 aliphatic carbocycles. The average Bonchev–Trinajstić information content (AvgIpc) is 3.39. The Labute approximate surface area is 262 Å². The normalized spacial score (nSPS) is 18.3. The Morgan fingerprint density at radius 2 is 1.89 bits per heavy atom. The number of fused-ring (bicyclic) bond motifs is 4. The quantitative estimate of drug-likeness (QED) is 0.256. The van der Waals surface area contributed by atoms with E-state index in [1.54, 1.807) is 31.3 Å². The second-order valence-electron chi connectivity index (χ2n) is 11.3. The molecule has 2 aliphatic heterocycles. The van der Waals surface area contributed by atoms with Crippen LogP contribution in [0.1, 0.15) is 86.5 Å². The Kier molecular flexibility index (Phi) is 9.93. The lowest BCUT2D eigenvalue weighted by atomic mass is 9.85. The summed E-state index contributed by atoms with van der Waals surface area (Å²) in [6, 6.07) is 10.4. The van der Waals surface area contributed by atoms with Gasteiger partial charge >= 0.3 is 5.97 Å². The lowest BCUT2D eigenvalue weighted by Crippen LogP contribution is -2.45. The monoisotopic (exact) mass is 642 g/mol. The summed E-state index contributed by atoms with van der Waals surface area (Å²) in [5.74, 6) is -1.65. The zero-order valence-corrected chi connectivity index (χ0v) is 24.6. The molecule has 1 fully saturated rings. The molecule has 0 spiro atoms. The molecule has 6 rings (SSSR count). The minimum absolute atomic E-state index is 0. The summed E-state index contributed by atoms with van der Waals surface area (Å²) in [6.07, 6.45) is 2.84. The second-order valence-corrected chi connectivity index (χ2v) is 13.2. The lowest BCUT2D eigenvalue weighted by Gasteiger charge is -2.36. The van der Waals surface area contributed by atoms with Crippen molar-refractivity contribution in [2.75, 3.05) is 18.0 Å². The molecule has 0 amide bonds. The number of piperidine rings is 1. The van der Waals surface area contributed by atoms with Gasteiger partial charge in [0.05, 0.1) is 6.42 Å². The van der Waals surface area contributed by atoms with E-state index in [1.807, 2.05) is 25.1 Å². The van der Waals surface area contributed by atoms with Crippen molar-refractivity contribution < 1.29 is 27.1 Å². The number of rotatable bonds is 7. The first-order valence-electron chi connectivity index (χ1n) is 14.2. The third-order valence-corrected chi connectivity index (χ3v) is 10.5. The van der Waals surface area contributed by atoms with E-state index in [-0.39, 0.29) is 44.4 Å². The van der Waals surface area contributed by atoms with Crippen LogP contribution in [-0.2, 0) is 21.4 Å². The molecule has 4 aromatic rings. The van der Waals surface area contributed by atoms with Crippen molar-refractivity contribution in [3.8, 4) is 0 Å². The highest BCUT2D eigenvalue weighted by Gasteiger charge is 2.39. The van der Waals surface area contributed by atoms with E-state index in [0.29, 0.717) is 29.1 Å². The van der Waals surface area contributed by atoms with E-state index < -0.39 is 34.2 Å². The smallest absolute Gasteiger partial charge is 0.304 e. The molecule has 2 aliphatic rings. The molecule has 3 aromatic heterocycles. The zero-order chi connectivity index (χ0) is 30.5. The van der Waals surface area contributed by atoms with Crippen molar-refractivity contribution in [2.45, 2.75) is 84.2 Å². The fourth-order valence-corrected chi connectivity index (χ4v) is 7.99. The number of carbonyl (C=O) groups is 1. The number of alkyl halides is 2. The van der Waals surface area contributed by atoms with E-state index >= 15 is 0 Å². The second kappa shape index (κ2) is 13.2. The van der Waals surface area contributed by atoms with Crippen LogP contribution < -0.4 is 4.90 Å². The van der Waals surface area contributed by atoms with Gasteiger partial charge in [-0.15, -0.1) is 10.2 Å². The fraction of sp³-hybridized carbons (Fsp3) is 0.438. The Hall–Kier alpha value is -3.97. The Morgan fingerprint density at radius 3 is 2.62 bits per heavy atom. The summed E-state index contributed by atoms with van der Waals surface area (Å²) in [7, 11) is -3.88. The largest absolute Gasteiger partial charge is 0.481 e. The van der Waals surface area contributed by atoms with Crippen LogP contribution in [-0.4, -0.2) is 62.5 Å². The maximum Gasteiger partial charge on any atom is 0.304 e. The summed E-state index contributed by atoms with van der Waals surface area (Å²) in [5, 5.41) is 17.4. The van der Waals surface area contributed by atoms with Crippen LogP contribution in [0.5, 0.6) is 0 Å². The Bertz CT molecular complexity index is 1810. The average molecular weight is 643 g/mol. The summed E-state index contributed by atoms with van der Waals surface area (Å²) in [6.45, 7) is 4.79. The molecule has 1 aromatic carbocycles. The van der Waals surface area contributed by atoms with Crippen molar-refractivity contribution in [1.29, 1.82) is 0 Å². The van der Waals surface area contributed by atoms with Gasteiger partial charge in [0.25, 0.3) is 6.43 Å². The van der Waals surface area contributed by atoms with Crippen LogP contribution in [0.4, 0.5) is 14.6 Å². The van der Waals surface area contributed by atoms with Gasteiger partial charge in [0.1, 0.15) is 10.7 Å². The van der Waals surface area contributed by atoms with E-state index in [2.05, 4.69) is 20.1 Å². The molecule has 10 nitrogen and oxygen atoms in total. The topological polar surface area (TPSA) is 121 Å². The molecule has 0 unspecified atom stereocenters. The zero-order valence-electron chi connectivity index (χ0n) is 23.8. The van der Waals surface area contributed by atoms with Crippen LogP contribution in [0.15, 0.2) is 53.7 Å². The molecule has 13 heteroatoms. The molecule has 242 valence electrons. The van der Waals surface area contributed by atoms with Gasteiger partial charge in [-0.2, -0.15) is 4.31 Å². The standard InChI is InChI=1S/C30H32F2N6O4S.2CH4/c1-18-8-9-20(24(15-26(39)40)23-10-13-38-28(19(23)2)34-35-30(38)27(31)32)14-21(18)16-36-17-22-6-3-4-12-37(22)29-25(43(36,41)42)7-5-11-33-29;;/h5,7-11,13-14,22,24,27H,3-4,6,12,15-17H2,1-2H3,(H,39,40);2*1H4/t22-,24+;;/m0../s1. The third kappa shape index (κ3) is 6.15. The van der Waals surface area contributed by atoms with Gasteiger partial charge in [-0.3, -0.25) is 9.20 Å². The van der Waals surface area contributed by atoms with Gasteiger partial charge in [-0.05, 0) is 79.1 Å². The summed E-state index contributed by atoms with van der Waals surface area (Å²) in [5.41, 5.74) is 3.71. The van der Waals surface area contributed by atoms with Crippen LogP contribution in [0, 0.1) is 13.8 Å².